The molecule has 0 aromatic carbocycles. The zero-order valence-electron chi connectivity index (χ0n) is 10.3. The van der Waals surface area contributed by atoms with Crippen LogP contribution in [-0.2, 0) is 15.3 Å². The maximum Gasteiger partial charge on any atom is 0.195 e. The second-order valence-electron chi connectivity index (χ2n) is 4.46. The smallest absolute Gasteiger partial charge is 0.195 e. The fourth-order valence-corrected chi connectivity index (χ4v) is 2.68. The number of hydrogen-bond donors (Lipinski definition) is 0. The predicted octanol–water partition coefficient (Wildman–Crippen LogP) is 2.86. The highest BCUT2D eigenvalue weighted by molar-refractivity contribution is 5.58. The molecular formula is C14H17NO2. The lowest BCUT2D eigenvalue weighted by Crippen LogP contribution is -2.27. The third-order valence-electron chi connectivity index (χ3n) is 3.60. The van der Waals surface area contributed by atoms with E-state index in [2.05, 4.69) is 48.8 Å². The van der Waals surface area contributed by atoms with Crippen LogP contribution in [0.3, 0.4) is 0 Å². The molecule has 3 heterocycles. The van der Waals surface area contributed by atoms with Crippen molar-refractivity contribution >= 4 is 5.52 Å². The molecule has 0 spiro atoms. The third kappa shape index (κ3) is 1.50. The number of rotatable bonds is 2. The summed E-state index contributed by atoms with van der Waals surface area (Å²) >= 11 is 0. The molecule has 1 aliphatic rings. The molecule has 0 N–H and O–H groups in total. The molecule has 0 aliphatic carbocycles. The van der Waals surface area contributed by atoms with Crippen molar-refractivity contribution in [3.8, 4) is 0 Å². The van der Waals surface area contributed by atoms with Gasteiger partial charge in [0.05, 0.1) is 13.2 Å². The van der Waals surface area contributed by atoms with Gasteiger partial charge < -0.3 is 13.9 Å². The summed E-state index contributed by atoms with van der Waals surface area (Å²) in [6.07, 6.45) is 4.96. The molecule has 1 saturated heterocycles. The molecule has 3 nitrogen and oxygen atoms in total. The van der Waals surface area contributed by atoms with Crippen molar-refractivity contribution in [2.24, 2.45) is 0 Å². The van der Waals surface area contributed by atoms with Crippen molar-refractivity contribution in [2.75, 3.05) is 13.2 Å². The minimum Gasteiger partial charge on any atom is -0.343 e. The summed E-state index contributed by atoms with van der Waals surface area (Å²) < 4.78 is 13.8. The molecule has 1 fully saturated rings. The summed E-state index contributed by atoms with van der Waals surface area (Å²) in [6, 6.07) is 6.29. The highest BCUT2D eigenvalue weighted by Crippen LogP contribution is 2.37. The van der Waals surface area contributed by atoms with E-state index < -0.39 is 5.79 Å². The van der Waals surface area contributed by atoms with E-state index >= 15 is 0 Å². The van der Waals surface area contributed by atoms with E-state index in [4.69, 9.17) is 9.47 Å². The molecule has 90 valence electrons. The molecule has 0 amide bonds. The van der Waals surface area contributed by atoms with E-state index in [1.54, 1.807) is 0 Å². The fourth-order valence-electron chi connectivity index (χ4n) is 2.68. The zero-order chi connectivity index (χ0) is 11.9. The van der Waals surface area contributed by atoms with Gasteiger partial charge in [-0.05, 0) is 30.7 Å². The lowest BCUT2D eigenvalue weighted by Gasteiger charge is -2.28. The summed E-state index contributed by atoms with van der Waals surface area (Å²) in [5, 5.41) is 0. The van der Waals surface area contributed by atoms with E-state index in [-0.39, 0.29) is 0 Å². The molecule has 0 unspecified atom stereocenters. The average molecular weight is 231 g/mol. The number of aromatic nitrogens is 1. The summed E-state index contributed by atoms with van der Waals surface area (Å²) in [5.41, 5.74) is 3.61. The van der Waals surface area contributed by atoms with Crippen LogP contribution in [0.15, 0.2) is 30.6 Å². The Kier molecular flexibility index (Phi) is 2.45. The molecule has 0 atom stereocenters. The van der Waals surface area contributed by atoms with Gasteiger partial charge in [0.15, 0.2) is 5.79 Å². The van der Waals surface area contributed by atoms with Crippen LogP contribution in [0.4, 0.5) is 0 Å². The van der Waals surface area contributed by atoms with Gasteiger partial charge in [-0.15, -0.1) is 0 Å². The fraction of sp³-hybridized carbons (Fsp3) is 0.429. The number of fused-ring (bicyclic) bond motifs is 1. The minimum absolute atomic E-state index is 0.532. The quantitative estimate of drug-likeness (QED) is 0.793. The van der Waals surface area contributed by atoms with Crippen molar-refractivity contribution in [1.82, 2.24) is 4.40 Å². The van der Waals surface area contributed by atoms with Crippen molar-refractivity contribution in [2.45, 2.75) is 26.1 Å². The van der Waals surface area contributed by atoms with Gasteiger partial charge in [0.1, 0.15) is 0 Å². The Hall–Kier alpha value is -1.32. The second kappa shape index (κ2) is 3.86. The molecule has 3 rings (SSSR count). The molecule has 2 aromatic rings. The van der Waals surface area contributed by atoms with Crippen molar-refractivity contribution < 1.29 is 9.47 Å². The Labute approximate surface area is 101 Å². The number of hydrogen-bond acceptors (Lipinski definition) is 2. The summed E-state index contributed by atoms with van der Waals surface area (Å²) in [7, 11) is 0. The van der Waals surface area contributed by atoms with Crippen LogP contribution in [0.5, 0.6) is 0 Å². The van der Waals surface area contributed by atoms with E-state index in [0.29, 0.717) is 13.2 Å². The molecule has 17 heavy (non-hydrogen) atoms. The minimum atomic E-state index is -0.532. The van der Waals surface area contributed by atoms with Crippen LogP contribution in [0, 0.1) is 6.92 Å². The molecule has 1 aliphatic heterocycles. The van der Waals surface area contributed by atoms with Crippen LogP contribution in [-0.4, -0.2) is 17.6 Å². The first kappa shape index (κ1) is 10.8. The lowest BCUT2D eigenvalue weighted by atomic mass is 9.98. The van der Waals surface area contributed by atoms with Crippen LogP contribution in [0.25, 0.3) is 5.52 Å². The van der Waals surface area contributed by atoms with E-state index in [1.807, 2.05) is 0 Å². The van der Waals surface area contributed by atoms with E-state index in [9.17, 15) is 0 Å². The highest BCUT2D eigenvalue weighted by atomic mass is 16.7. The lowest BCUT2D eigenvalue weighted by molar-refractivity contribution is -0.167. The van der Waals surface area contributed by atoms with Crippen molar-refractivity contribution in [3.63, 3.8) is 0 Å². The van der Waals surface area contributed by atoms with Crippen molar-refractivity contribution in [1.29, 1.82) is 0 Å². The number of aryl methyl sites for hydroxylation is 1. The Morgan fingerprint density at radius 3 is 2.71 bits per heavy atom. The second-order valence-corrected chi connectivity index (χ2v) is 4.46. The maximum atomic E-state index is 5.85. The average Bonchev–Trinajstić information content (AvgIpc) is 2.98. The number of pyridine rings is 1. The number of nitrogens with zero attached hydrogens (tertiary/aromatic N) is 1. The van der Waals surface area contributed by atoms with Gasteiger partial charge in [0.25, 0.3) is 0 Å². The monoisotopic (exact) mass is 231 g/mol. The first-order valence-electron chi connectivity index (χ1n) is 6.11. The van der Waals surface area contributed by atoms with E-state index in [1.165, 1.54) is 11.1 Å². The van der Waals surface area contributed by atoms with Gasteiger partial charge in [-0.3, -0.25) is 0 Å². The van der Waals surface area contributed by atoms with Gasteiger partial charge in [-0.2, -0.15) is 0 Å². The summed E-state index contributed by atoms with van der Waals surface area (Å²) in [6.45, 7) is 5.60. The molecule has 2 aromatic heterocycles. The van der Waals surface area contributed by atoms with Gasteiger partial charge >= 0.3 is 0 Å². The SMILES string of the molecule is CCC1(c2ccn3cccc3c2C)OCCO1. The summed E-state index contributed by atoms with van der Waals surface area (Å²) in [4.78, 5) is 0. The van der Waals surface area contributed by atoms with Gasteiger partial charge in [-0.1, -0.05) is 6.92 Å². The predicted molar refractivity (Wildman–Crippen MR) is 66.0 cm³/mol. The van der Waals surface area contributed by atoms with Crippen molar-refractivity contribution in [3.05, 3.63) is 41.7 Å². The molecule has 0 radical (unpaired) electrons. The Morgan fingerprint density at radius 2 is 2.00 bits per heavy atom. The molecule has 0 bridgehead atoms. The largest absolute Gasteiger partial charge is 0.343 e. The van der Waals surface area contributed by atoms with Crippen LogP contribution >= 0.6 is 0 Å². The third-order valence-corrected chi connectivity index (χ3v) is 3.60. The standard InChI is InChI=1S/C14H17NO2/c1-3-14(16-9-10-17-14)12-6-8-15-7-4-5-13(15)11(12)2/h4-8H,3,9-10H2,1-2H3. The molecule has 3 heteroatoms. The first-order valence-corrected chi connectivity index (χ1v) is 6.11. The van der Waals surface area contributed by atoms with Crippen LogP contribution in [0.1, 0.15) is 24.5 Å². The Morgan fingerprint density at radius 1 is 1.24 bits per heavy atom. The zero-order valence-corrected chi connectivity index (χ0v) is 10.3. The van der Waals surface area contributed by atoms with Gasteiger partial charge in [-0.25, -0.2) is 0 Å². The summed E-state index contributed by atoms with van der Waals surface area (Å²) in [5.74, 6) is -0.532. The van der Waals surface area contributed by atoms with E-state index in [0.717, 1.165) is 12.0 Å². The topological polar surface area (TPSA) is 22.9 Å². The van der Waals surface area contributed by atoms with Gasteiger partial charge in [0.2, 0.25) is 0 Å². The van der Waals surface area contributed by atoms with Crippen LogP contribution < -0.4 is 0 Å². The maximum absolute atomic E-state index is 5.85. The molecular weight excluding hydrogens is 214 g/mol. The Bertz CT molecular complexity index is 538. The highest BCUT2D eigenvalue weighted by Gasteiger charge is 2.38. The van der Waals surface area contributed by atoms with Crippen LogP contribution in [0.2, 0.25) is 0 Å². The first-order chi connectivity index (χ1) is 8.27. The number of ether oxygens (including phenoxy) is 2. The normalized spacial score (nSPS) is 18.9. The molecule has 0 saturated carbocycles. The van der Waals surface area contributed by atoms with Gasteiger partial charge in [0, 0.05) is 29.9 Å². The Balaban J connectivity index is 2.19.